The number of thiazole rings is 1. The number of benzene rings is 2. The Kier molecular flexibility index (Phi) is 5.58. The molecular weight excluding hydrogens is 353 g/mol. The fraction of sp³-hybridized carbons (Fsp3) is 0.211. The first-order chi connectivity index (χ1) is 12.5. The van der Waals surface area contributed by atoms with E-state index in [4.69, 9.17) is 0 Å². The van der Waals surface area contributed by atoms with Gasteiger partial charge in [0, 0.05) is 19.9 Å². The normalized spacial score (nSPS) is 10.7. The van der Waals surface area contributed by atoms with Crippen LogP contribution in [0.1, 0.15) is 24.5 Å². The van der Waals surface area contributed by atoms with Gasteiger partial charge >= 0.3 is 0 Å². The molecule has 3 rings (SSSR count). The fourth-order valence-electron chi connectivity index (χ4n) is 2.48. The van der Waals surface area contributed by atoms with E-state index in [0.717, 1.165) is 21.3 Å². The van der Waals surface area contributed by atoms with E-state index >= 15 is 0 Å². The first kappa shape index (κ1) is 18.0. The number of aromatic nitrogens is 1. The Labute approximate surface area is 154 Å². The van der Waals surface area contributed by atoms with Crippen molar-refractivity contribution >= 4 is 38.5 Å². The zero-order chi connectivity index (χ0) is 18.5. The second kappa shape index (κ2) is 8.05. The average molecular weight is 371 g/mol. The Hall–Kier alpha value is -2.80. The van der Waals surface area contributed by atoms with Gasteiger partial charge < -0.3 is 10.6 Å². The van der Waals surface area contributed by atoms with Crippen LogP contribution in [-0.2, 0) is 22.6 Å². The molecule has 26 heavy (non-hydrogen) atoms. The Bertz CT molecular complexity index is 938. The van der Waals surface area contributed by atoms with Crippen molar-refractivity contribution in [2.24, 2.45) is 0 Å². The van der Waals surface area contributed by atoms with Crippen molar-refractivity contribution in [2.45, 2.75) is 26.3 Å². The van der Waals surface area contributed by atoms with Crippen LogP contribution in [0.3, 0.4) is 0 Å². The van der Waals surface area contributed by atoms with Gasteiger partial charge in [-0.2, -0.15) is 0 Å². The highest BCUT2D eigenvalue weighted by atomic mass is 32.1. The maximum atomic E-state index is 12.9. The van der Waals surface area contributed by atoms with E-state index in [1.54, 1.807) is 12.1 Å². The van der Waals surface area contributed by atoms with Crippen molar-refractivity contribution in [1.82, 2.24) is 10.3 Å². The molecule has 0 saturated carbocycles. The third-order valence-corrected chi connectivity index (χ3v) is 4.71. The summed E-state index contributed by atoms with van der Waals surface area (Å²) in [4.78, 5) is 27.4. The smallest absolute Gasteiger partial charge is 0.223 e. The van der Waals surface area contributed by atoms with Gasteiger partial charge in [-0.05, 0) is 41.8 Å². The number of carbonyl (C=O) groups is 2. The van der Waals surface area contributed by atoms with Crippen molar-refractivity contribution in [3.63, 3.8) is 0 Å². The number of hydrogen-bond donors (Lipinski definition) is 2. The van der Waals surface area contributed by atoms with Gasteiger partial charge in [-0.1, -0.05) is 29.5 Å². The van der Waals surface area contributed by atoms with Crippen molar-refractivity contribution < 1.29 is 14.0 Å². The summed E-state index contributed by atoms with van der Waals surface area (Å²) in [5, 5.41) is 6.08. The molecule has 0 bridgehead atoms. The highest BCUT2D eigenvalue weighted by molar-refractivity contribution is 7.22. The summed E-state index contributed by atoms with van der Waals surface area (Å²) in [5.74, 6) is -0.500. The molecule has 3 aromatic rings. The molecule has 0 aliphatic rings. The minimum absolute atomic E-state index is 0.0577. The number of rotatable bonds is 6. The number of aryl methyl sites for hydroxylation is 1. The number of halogens is 1. The minimum atomic E-state index is -0.291. The molecule has 2 N–H and O–H groups in total. The van der Waals surface area contributed by atoms with Crippen molar-refractivity contribution in [2.75, 3.05) is 5.32 Å². The summed E-state index contributed by atoms with van der Waals surface area (Å²) >= 11 is 1.41. The molecule has 1 heterocycles. The minimum Gasteiger partial charge on any atom is -0.352 e. The lowest BCUT2D eigenvalue weighted by molar-refractivity contribution is -0.121. The average Bonchev–Trinajstić information content (AvgIpc) is 3.00. The SMILES string of the molecule is CC(=O)Nc1nc2ccc(CCC(=O)NCc3ccc(F)cc3)cc2s1. The summed E-state index contributed by atoms with van der Waals surface area (Å²) in [5.41, 5.74) is 2.71. The largest absolute Gasteiger partial charge is 0.352 e. The topological polar surface area (TPSA) is 71.1 Å². The number of anilines is 1. The molecule has 0 aliphatic carbocycles. The van der Waals surface area contributed by atoms with Crippen LogP contribution in [0.25, 0.3) is 10.2 Å². The summed E-state index contributed by atoms with van der Waals surface area (Å²) in [6, 6.07) is 11.9. The van der Waals surface area contributed by atoms with Crippen LogP contribution in [0.5, 0.6) is 0 Å². The van der Waals surface area contributed by atoms with Crippen LogP contribution in [0.4, 0.5) is 9.52 Å². The molecule has 0 unspecified atom stereocenters. The van der Waals surface area contributed by atoms with E-state index < -0.39 is 0 Å². The lowest BCUT2D eigenvalue weighted by Gasteiger charge is -2.06. The van der Waals surface area contributed by atoms with E-state index in [1.165, 1.54) is 30.4 Å². The quantitative estimate of drug-likeness (QED) is 0.695. The second-order valence-corrected chi connectivity index (χ2v) is 6.94. The van der Waals surface area contributed by atoms with E-state index in [2.05, 4.69) is 15.6 Å². The Morgan fingerprint density at radius 1 is 1.12 bits per heavy atom. The number of amides is 2. The number of hydrogen-bond acceptors (Lipinski definition) is 4. The van der Waals surface area contributed by atoms with Gasteiger partial charge in [0.05, 0.1) is 10.2 Å². The molecule has 5 nitrogen and oxygen atoms in total. The van der Waals surface area contributed by atoms with Crippen LogP contribution in [0, 0.1) is 5.82 Å². The van der Waals surface area contributed by atoms with Crippen LogP contribution in [0.15, 0.2) is 42.5 Å². The summed E-state index contributed by atoms with van der Waals surface area (Å²) in [6.45, 7) is 1.83. The van der Waals surface area contributed by atoms with E-state index in [9.17, 15) is 14.0 Å². The molecule has 2 amide bonds. The summed E-state index contributed by atoms with van der Waals surface area (Å²) in [6.07, 6.45) is 0.975. The first-order valence-electron chi connectivity index (χ1n) is 8.18. The fourth-order valence-corrected chi connectivity index (χ4v) is 3.45. The van der Waals surface area contributed by atoms with Crippen molar-refractivity contribution in [1.29, 1.82) is 0 Å². The molecule has 7 heteroatoms. The van der Waals surface area contributed by atoms with E-state index in [0.29, 0.717) is 24.5 Å². The standard InChI is InChI=1S/C19H18FN3O2S/c1-12(24)22-19-23-16-8-4-13(10-17(16)26-19)5-9-18(25)21-11-14-2-6-15(20)7-3-14/h2-4,6-8,10H,5,9,11H2,1H3,(H,21,25)(H,22,23,24). The Morgan fingerprint density at radius 3 is 2.58 bits per heavy atom. The molecule has 0 aliphatic heterocycles. The number of fused-ring (bicyclic) bond motifs is 1. The van der Waals surface area contributed by atoms with Gasteiger partial charge in [0.2, 0.25) is 11.8 Å². The molecule has 0 fully saturated rings. The van der Waals surface area contributed by atoms with Gasteiger partial charge in [-0.15, -0.1) is 0 Å². The molecule has 134 valence electrons. The van der Waals surface area contributed by atoms with Gasteiger partial charge in [-0.3, -0.25) is 9.59 Å². The summed E-state index contributed by atoms with van der Waals surface area (Å²) in [7, 11) is 0. The molecule has 1 aromatic heterocycles. The van der Waals surface area contributed by atoms with Crippen LogP contribution < -0.4 is 10.6 Å². The lowest BCUT2D eigenvalue weighted by Crippen LogP contribution is -2.22. The van der Waals surface area contributed by atoms with Gasteiger partial charge in [0.15, 0.2) is 5.13 Å². The maximum Gasteiger partial charge on any atom is 0.223 e. The Balaban J connectivity index is 1.54. The van der Waals surface area contributed by atoms with E-state index in [-0.39, 0.29) is 17.6 Å². The van der Waals surface area contributed by atoms with Gasteiger partial charge in [0.1, 0.15) is 5.82 Å². The molecule has 0 saturated heterocycles. The van der Waals surface area contributed by atoms with Crippen LogP contribution in [-0.4, -0.2) is 16.8 Å². The number of nitrogens with zero attached hydrogens (tertiary/aromatic N) is 1. The van der Waals surface area contributed by atoms with Crippen molar-refractivity contribution in [3.05, 3.63) is 59.4 Å². The molecule has 0 spiro atoms. The highest BCUT2D eigenvalue weighted by Gasteiger charge is 2.07. The number of carbonyl (C=O) groups excluding carboxylic acids is 2. The molecule has 0 atom stereocenters. The highest BCUT2D eigenvalue weighted by Crippen LogP contribution is 2.27. The van der Waals surface area contributed by atoms with Gasteiger partial charge in [-0.25, -0.2) is 9.37 Å². The first-order valence-corrected chi connectivity index (χ1v) is 8.99. The third-order valence-electron chi connectivity index (χ3n) is 3.78. The summed E-state index contributed by atoms with van der Waals surface area (Å²) < 4.78 is 13.8. The predicted octanol–water partition coefficient (Wildman–Crippen LogP) is 3.64. The third kappa shape index (κ3) is 4.86. The van der Waals surface area contributed by atoms with E-state index in [1.807, 2.05) is 18.2 Å². The lowest BCUT2D eigenvalue weighted by atomic mass is 10.1. The molecule has 2 aromatic carbocycles. The predicted molar refractivity (Wildman–Crippen MR) is 100 cm³/mol. The monoisotopic (exact) mass is 371 g/mol. The Morgan fingerprint density at radius 2 is 1.85 bits per heavy atom. The zero-order valence-electron chi connectivity index (χ0n) is 14.2. The second-order valence-electron chi connectivity index (χ2n) is 5.91. The van der Waals surface area contributed by atoms with Crippen LogP contribution in [0.2, 0.25) is 0 Å². The molecule has 0 radical (unpaired) electrons. The van der Waals surface area contributed by atoms with Crippen LogP contribution >= 0.6 is 11.3 Å². The van der Waals surface area contributed by atoms with Crippen molar-refractivity contribution in [3.8, 4) is 0 Å². The zero-order valence-corrected chi connectivity index (χ0v) is 15.0. The van der Waals surface area contributed by atoms with Gasteiger partial charge in [0.25, 0.3) is 0 Å². The number of nitrogens with one attached hydrogen (secondary N) is 2. The molecular formula is C19H18FN3O2S. The maximum absolute atomic E-state index is 12.9.